The zero-order valence-electron chi connectivity index (χ0n) is 22.7. The number of aromatic nitrogens is 4. The lowest BCUT2D eigenvalue weighted by Gasteiger charge is -2.44. The van der Waals surface area contributed by atoms with Gasteiger partial charge in [-0.25, -0.2) is 15.0 Å². The predicted octanol–water partition coefficient (Wildman–Crippen LogP) is 4.22. The first kappa shape index (κ1) is 26.1. The number of benzene rings is 2. The number of ether oxygens (including phenoxy) is 1. The van der Waals surface area contributed by atoms with E-state index in [1.54, 1.807) is 6.33 Å². The van der Waals surface area contributed by atoms with Crippen molar-refractivity contribution >= 4 is 35.7 Å². The highest BCUT2D eigenvalue weighted by Crippen LogP contribution is 2.44. The van der Waals surface area contributed by atoms with Crippen molar-refractivity contribution in [1.29, 1.82) is 0 Å². The molecule has 0 unspecified atom stereocenters. The predicted molar refractivity (Wildman–Crippen MR) is 154 cm³/mol. The maximum absolute atomic E-state index is 7.21. The van der Waals surface area contributed by atoms with Crippen LogP contribution < -0.4 is 16.1 Å². The molecule has 196 valence electrons. The maximum atomic E-state index is 7.21. The number of nitrogens with two attached hydrogens (primary N) is 1. The molecule has 4 aromatic rings. The molecule has 3 heterocycles. The summed E-state index contributed by atoms with van der Waals surface area (Å²) < 4.78 is 15.8. The third-order valence-corrected chi connectivity index (χ3v) is 12.7. The SMILES string of the molecule is C#C[C@]1(CO[Si](c2ccccc2)(c2ccccc2)C(C)(C)C)O[C@@H](n2cnc3c(N)nc(C)nc32)C[C@@H]1C. The van der Waals surface area contributed by atoms with Crippen LogP contribution in [0.15, 0.2) is 67.0 Å². The third-order valence-electron chi connectivity index (χ3n) is 7.73. The van der Waals surface area contributed by atoms with Crippen molar-refractivity contribution < 1.29 is 9.16 Å². The van der Waals surface area contributed by atoms with E-state index in [4.69, 9.17) is 21.3 Å². The molecule has 1 aliphatic heterocycles. The van der Waals surface area contributed by atoms with Crippen LogP contribution in [0.2, 0.25) is 5.04 Å². The Morgan fingerprint density at radius 1 is 1.11 bits per heavy atom. The molecule has 0 bridgehead atoms. The first-order valence-corrected chi connectivity index (χ1v) is 14.9. The number of nitrogen functional groups attached to an aromatic ring is 1. The van der Waals surface area contributed by atoms with Gasteiger partial charge >= 0.3 is 0 Å². The van der Waals surface area contributed by atoms with Crippen molar-refractivity contribution in [2.75, 3.05) is 12.3 Å². The van der Waals surface area contributed by atoms with Gasteiger partial charge in [0.15, 0.2) is 17.1 Å². The molecule has 2 aromatic carbocycles. The van der Waals surface area contributed by atoms with Crippen molar-refractivity contribution in [2.45, 2.75) is 57.9 Å². The van der Waals surface area contributed by atoms with Crippen LogP contribution in [0.25, 0.3) is 11.2 Å². The summed E-state index contributed by atoms with van der Waals surface area (Å²) in [5.74, 6) is 3.98. The van der Waals surface area contributed by atoms with Crippen LogP contribution in [-0.4, -0.2) is 40.0 Å². The summed E-state index contributed by atoms with van der Waals surface area (Å²) in [6.45, 7) is 11.0. The molecule has 0 radical (unpaired) electrons. The van der Waals surface area contributed by atoms with Gasteiger partial charge in [0, 0.05) is 5.92 Å². The van der Waals surface area contributed by atoms with Gasteiger partial charge in [-0.15, -0.1) is 6.42 Å². The fourth-order valence-corrected chi connectivity index (χ4v) is 10.3. The number of hydrogen-bond acceptors (Lipinski definition) is 6. The van der Waals surface area contributed by atoms with E-state index in [0.717, 1.165) is 0 Å². The van der Waals surface area contributed by atoms with E-state index >= 15 is 0 Å². The Bertz CT molecular complexity index is 1440. The van der Waals surface area contributed by atoms with Crippen LogP contribution in [0.5, 0.6) is 0 Å². The van der Waals surface area contributed by atoms with E-state index in [2.05, 4.69) is 97.1 Å². The number of terminal acetylenes is 1. The van der Waals surface area contributed by atoms with Gasteiger partial charge in [0.05, 0.1) is 12.9 Å². The molecule has 8 heteroatoms. The highest BCUT2D eigenvalue weighted by molar-refractivity contribution is 6.99. The van der Waals surface area contributed by atoms with Gasteiger partial charge < -0.3 is 14.9 Å². The molecule has 7 nitrogen and oxygen atoms in total. The lowest BCUT2D eigenvalue weighted by Crippen LogP contribution is -2.67. The highest BCUT2D eigenvalue weighted by Gasteiger charge is 2.54. The van der Waals surface area contributed by atoms with Crippen molar-refractivity contribution in [2.24, 2.45) is 5.92 Å². The molecule has 1 saturated heterocycles. The quantitative estimate of drug-likeness (QED) is 0.300. The molecule has 38 heavy (non-hydrogen) atoms. The Morgan fingerprint density at radius 2 is 1.71 bits per heavy atom. The van der Waals surface area contributed by atoms with Gasteiger partial charge in [0.1, 0.15) is 17.6 Å². The number of hydrogen-bond donors (Lipinski definition) is 1. The molecule has 0 aliphatic carbocycles. The van der Waals surface area contributed by atoms with E-state index in [9.17, 15) is 0 Å². The molecule has 1 fully saturated rings. The number of fused-ring (bicyclic) bond motifs is 1. The summed E-state index contributed by atoms with van der Waals surface area (Å²) >= 11 is 0. The second kappa shape index (κ2) is 9.66. The Balaban J connectivity index is 1.53. The second-order valence-corrected chi connectivity index (χ2v) is 15.5. The molecule has 1 aliphatic rings. The average Bonchev–Trinajstić information content (AvgIpc) is 3.46. The van der Waals surface area contributed by atoms with Crippen molar-refractivity contribution in [3.63, 3.8) is 0 Å². The Kier molecular flexibility index (Phi) is 6.64. The van der Waals surface area contributed by atoms with Gasteiger partial charge in [-0.05, 0) is 28.8 Å². The largest absolute Gasteiger partial charge is 0.403 e. The van der Waals surface area contributed by atoms with Gasteiger partial charge in [-0.1, -0.05) is 94.3 Å². The van der Waals surface area contributed by atoms with Crippen LogP contribution >= 0.6 is 0 Å². The minimum atomic E-state index is -2.79. The minimum absolute atomic E-state index is 0.0356. The van der Waals surface area contributed by atoms with E-state index in [1.807, 2.05) is 23.6 Å². The summed E-state index contributed by atoms with van der Waals surface area (Å²) in [6, 6.07) is 21.1. The summed E-state index contributed by atoms with van der Waals surface area (Å²) in [7, 11) is -2.79. The van der Waals surface area contributed by atoms with Gasteiger partial charge in [-0.2, -0.15) is 0 Å². The fourth-order valence-electron chi connectivity index (χ4n) is 5.70. The molecule has 0 spiro atoms. The topological polar surface area (TPSA) is 88.1 Å². The van der Waals surface area contributed by atoms with E-state index < -0.39 is 13.9 Å². The number of aryl methyl sites for hydroxylation is 1. The first-order chi connectivity index (χ1) is 18.1. The van der Waals surface area contributed by atoms with Gasteiger partial charge in [0.25, 0.3) is 8.32 Å². The van der Waals surface area contributed by atoms with Crippen LogP contribution in [0.4, 0.5) is 5.82 Å². The zero-order valence-corrected chi connectivity index (χ0v) is 23.7. The summed E-state index contributed by atoms with van der Waals surface area (Å²) in [6.07, 6.45) is 8.30. The van der Waals surface area contributed by atoms with Crippen molar-refractivity contribution in [1.82, 2.24) is 19.5 Å². The van der Waals surface area contributed by atoms with Crippen molar-refractivity contribution in [3.8, 4) is 12.3 Å². The molecule has 0 amide bonds. The zero-order chi connectivity index (χ0) is 27.1. The number of nitrogens with zero attached hydrogens (tertiary/aromatic N) is 4. The lowest BCUT2D eigenvalue weighted by molar-refractivity contribution is -0.0682. The molecular weight excluding hydrogens is 490 g/mol. The minimum Gasteiger partial charge on any atom is -0.403 e. The van der Waals surface area contributed by atoms with Crippen LogP contribution in [-0.2, 0) is 9.16 Å². The lowest BCUT2D eigenvalue weighted by atomic mass is 9.90. The number of rotatable bonds is 6. The normalized spacial score (nSPS) is 22.0. The van der Waals surface area contributed by atoms with Gasteiger partial charge in [-0.3, -0.25) is 4.57 Å². The molecule has 2 aromatic heterocycles. The maximum Gasteiger partial charge on any atom is 0.261 e. The fraction of sp³-hybridized carbons (Fsp3) is 0.367. The molecule has 2 N–H and O–H groups in total. The van der Waals surface area contributed by atoms with Crippen LogP contribution in [0.1, 0.15) is 46.2 Å². The smallest absolute Gasteiger partial charge is 0.261 e. The van der Waals surface area contributed by atoms with Crippen LogP contribution in [0, 0.1) is 25.2 Å². The van der Waals surface area contributed by atoms with E-state index in [1.165, 1.54) is 10.4 Å². The second-order valence-electron chi connectivity index (χ2n) is 11.2. The third kappa shape index (κ3) is 4.21. The molecule has 3 atom stereocenters. The first-order valence-electron chi connectivity index (χ1n) is 13.0. The summed E-state index contributed by atoms with van der Waals surface area (Å²) in [4.78, 5) is 13.3. The van der Waals surface area contributed by atoms with Crippen molar-refractivity contribution in [3.05, 3.63) is 72.8 Å². The average molecular weight is 526 g/mol. The Hall–Kier alpha value is -3.51. The molecule has 5 rings (SSSR count). The van der Waals surface area contributed by atoms with E-state index in [-0.39, 0.29) is 23.8 Å². The molecule has 0 saturated carbocycles. The van der Waals surface area contributed by atoms with Crippen LogP contribution in [0.3, 0.4) is 0 Å². The monoisotopic (exact) mass is 525 g/mol. The van der Waals surface area contributed by atoms with E-state index in [0.29, 0.717) is 29.2 Å². The molecular formula is C30H35N5O2Si. The number of imidazole rings is 1. The summed E-state index contributed by atoms with van der Waals surface area (Å²) in [5, 5.41) is 2.24. The highest BCUT2D eigenvalue weighted by atomic mass is 28.4. The summed E-state index contributed by atoms with van der Waals surface area (Å²) in [5.41, 5.74) is 6.40. The number of anilines is 1. The Labute approximate surface area is 225 Å². The Morgan fingerprint density at radius 3 is 2.26 bits per heavy atom. The van der Waals surface area contributed by atoms with Gasteiger partial charge in [0.2, 0.25) is 0 Å². The standard InChI is InChI=1S/C30H35N5O2Si/c1-7-30(21(2)18-25(37-30)35-20-32-26-27(31)33-22(3)34-28(26)35)19-36-38(29(4,5)6,23-14-10-8-11-15-23)24-16-12-9-13-17-24/h1,8-17,20-21,25H,18-19H2,2-6H3,(H2,31,33,34)/t21-,25+,30+/m0/s1.